The number of nitrogens with one attached hydrogen (secondary N) is 2. The zero-order chi connectivity index (χ0) is 20.2. The molecule has 1 fully saturated rings. The fourth-order valence-corrected chi connectivity index (χ4v) is 2.98. The maximum Gasteiger partial charge on any atom is 0.407 e. The monoisotopic (exact) mass is 381 g/mol. The van der Waals surface area contributed by atoms with Crippen LogP contribution in [-0.2, 0) is 11.8 Å². The van der Waals surface area contributed by atoms with Gasteiger partial charge in [0.25, 0.3) is 0 Å². The molecule has 0 spiro atoms. The first-order chi connectivity index (χ1) is 12.6. The minimum absolute atomic E-state index is 0.150. The van der Waals surface area contributed by atoms with Gasteiger partial charge in [-0.2, -0.15) is 0 Å². The Bertz CT molecular complexity index is 655. The number of amides is 3. The first-order valence-corrected chi connectivity index (χ1v) is 9.13. The normalized spacial score (nSPS) is 19.5. The lowest BCUT2D eigenvalue weighted by atomic mass is 10.1. The molecule has 0 aromatic carbocycles. The van der Waals surface area contributed by atoms with Crippen molar-refractivity contribution in [3.63, 3.8) is 0 Å². The quantitative estimate of drug-likeness (QED) is 0.797. The summed E-state index contributed by atoms with van der Waals surface area (Å²) in [7, 11) is 3.83. The molecule has 2 atom stereocenters. The summed E-state index contributed by atoms with van der Waals surface area (Å²) in [6.45, 7) is 9.65. The number of ether oxygens (including phenoxy) is 1. The Balaban J connectivity index is 1.96. The number of hydrogen-bond donors (Lipinski definition) is 2. The molecule has 2 rings (SSSR count). The highest BCUT2D eigenvalue weighted by Crippen LogP contribution is 2.13. The van der Waals surface area contributed by atoms with Gasteiger partial charge in [-0.05, 0) is 34.7 Å². The maximum absolute atomic E-state index is 12.8. The molecule has 0 bridgehead atoms. The average Bonchev–Trinajstić information content (AvgIpc) is 2.97. The Hall–Kier alpha value is -2.36. The van der Waals surface area contributed by atoms with E-state index >= 15 is 0 Å². The second-order valence-corrected chi connectivity index (χ2v) is 7.96. The molecular formula is C17H31N7O3. The summed E-state index contributed by atoms with van der Waals surface area (Å²) in [6, 6.07) is -0.610. The van der Waals surface area contributed by atoms with Crippen molar-refractivity contribution >= 4 is 12.1 Å². The average molecular weight is 381 g/mol. The number of alkyl carbamates (subject to hydrolysis) is 1. The van der Waals surface area contributed by atoms with Gasteiger partial charge in [0.15, 0.2) is 5.82 Å². The van der Waals surface area contributed by atoms with Crippen LogP contribution >= 0.6 is 0 Å². The van der Waals surface area contributed by atoms with Gasteiger partial charge in [-0.25, -0.2) is 9.59 Å². The van der Waals surface area contributed by atoms with E-state index in [-0.39, 0.29) is 18.1 Å². The van der Waals surface area contributed by atoms with Gasteiger partial charge in [-0.3, -0.25) is 0 Å². The summed E-state index contributed by atoms with van der Waals surface area (Å²) < 4.78 is 7.05. The van der Waals surface area contributed by atoms with E-state index in [1.165, 1.54) is 0 Å². The smallest absolute Gasteiger partial charge is 0.407 e. The largest absolute Gasteiger partial charge is 0.444 e. The maximum atomic E-state index is 12.8. The van der Waals surface area contributed by atoms with Crippen LogP contribution in [0.1, 0.15) is 39.6 Å². The second kappa shape index (κ2) is 8.55. The fourth-order valence-electron chi connectivity index (χ4n) is 2.98. The van der Waals surface area contributed by atoms with E-state index in [0.717, 1.165) is 6.54 Å². The second-order valence-electron chi connectivity index (χ2n) is 7.96. The van der Waals surface area contributed by atoms with Crippen LogP contribution in [0, 0.1) is 0 Å². The van der Waals surface area contributed by atoms with Crippen molar-refractivity contribution in [1.82, 2.24) is 35.2 Å². The first kappa shape index (κ1) is 20.9. The molecular weight excluding hydrogens is 350 g/mol. The summed E-state index contributed by atoms with van der Waals surface area (Å²) >= 11 is 0. The van der Waals surface area contributed by atoms with Crippen LogP contribution in [-0.4, -0.2) is 81.6 Å². The molecule has 1 aliphatic rings. The minimum atomic E-state index is -0.559. The first-order valence-electron chi connectivity index (χ1n) is 9.13. The summed E-state index contributed by atoms with van der Waals surface area (Å²) in [5, 5.41) is 13.6. The molecule has 0 saturated carbocycles. The predicted octanol–water partition coefficient (Wildman–Crippen LogP) is 0.726. The molecule has 1 aliphatic heterocycles. The van der Waals surface area contributed by atoms with Gasteiger partial charge in [-0.15, -0.1) is 10.2 Å². The Labute approximate surface area is 160 Å². The van der Waals surface area contributed by atoms with Crippen LogP contribution < -0.4 is 10.6 Å². The third-order valence-corrected chi connectivity index (χ3v) is 4.30. The molecule has 0 aliphatic carbocycles. The summed E-state index contributed by atoms with van der Waals surface area (Å²) in [6.07, 6.45) is 1.12. The van der Waals surface area contributed by atoms with Gasteiger partial charge >= 0.3 is 12.1 Å². The number of rotatable bonds is 4. The van der Waals surface area contributed by atoms with Crippen LogP contribution in [0.2, 0.25) is 0 Å². The van der Waals surface area contributed by atoms with Gasteiger partial charge < -0.3 is 29.7 Å². The summed E-state index contributed by atoms with van der Waals surface area (Å²) in [4.78, 5) is 28.6. The topological polar surface area (TPSA) is 105 Å². The lowest BCUT2D eigenvalue weighted by Gasteiger charge is -2.40. The van der Waals surface area contributed by atoms with Crippen LogP contribution in [0.5, 0.6) is 0 Å². The molecule has 2 unspecified atom stereocenters. The van der Waals surface area contributed by atoms with Gasteiger partial charge in [0.2, 0.25) is 0 Å². The van der Waals surface area contributed by atoms with E-state index in [0.29, 0.717) is 25.5 Å². The number of aryl methyl sites for hydroxylation is 1. The zero-order valence-electron chi connectivity index (χ0n) is 17.0. The zero-order valence-corrected chi connectivity index (χ0v) is 17.0. The predicted molar refractivity (Wildman–Crippen MR) is 100 cm³/mol. The number of urea groups is 1. The van der Waals surface area contributed by atoms with Crippen LogP contribution in [0.4, 0.5) is 9.59 Å². The highest BCUT2D eigenvalue weighted by atomic mass is 16.6. The third-order valence-electron chi connectivity index (χ3n) is 4.30. The molecule has 2 heterocycles. The molecule has 27 heavy (non-hydrogen) atoms. The molecule has 2 N–H and O–H groups in total. The third kappa shape index (κ3) is 6.09. The van der Waals surface area contributed by atoms with Crippen molar-refractivity contribution in [3.05, 3.63) is 12.2 Å². The summed E-state index contributed by atoms with van der Waals surface area (Å²) in [5.41, 5.74) is -0.559. The van der Waals surface area contributed by atoms with Crippen molar-refractivity contribution in [2.24, 2.45) is 7.05 Å². The van der Waals surface area contributed by atoms with Gasteiger partial charge in [0.05, 0.1) is 12.1 Å². The van der Waals surface area contributed by atoms with E-state index in [4.69, 9.17) is 4.74 Å². The standard InChI is InChI=1S/C17H31N7O3/c1-12(14-21-19-11-23(14)6)20-15(25)24-8-7-22(5)10-13(24)9-18-16(26)27-17(2,3)4/h11-13H,7-10H2,1-6H3,(H,18,26)(H,20,25). The molecule has 1 aromatic heterocycles. The Morgan fingerprint density at radius 3 is 2.63 bits per heavy atom. The van der Waals surface area contributed by atoms with Crippen molar-refractivity contribution < 1.29 is 14.3 Å². The molecule has 3 amide bonds. The number of likely N-dealkylation sites (N-methyl/N-ethyl adjacent to an activating group) is 1. The van der Waals surface area contributed by atoms with Gasteiger partial charge in [-0.1, -0.05) is 0 Å². The van der Waals surface area contributed by atoms with E-state index in [1.54, 1.807) is 15.8 Å². The number of nitrogens with zero attached hydrogens (tertiary/aromatic N) is 5. The van der Waals surface area contributed by atoms with Crippen molar-refractivity contribution in [1.29, 1.82) is 0 Å². The lowest BCUT2D eigenvalue weighted by molar-refractivity contribution is 0.0485. The van der Waals surface area contributed by atoms with Crippen LogP contribution in [0.25, 0.3) is 0 Å². The fraction of sp³-hybridized carbons (Fsp3) is 0.765. The van der Waals surface area contributed by atoms with Crippen LogP contribution in [0.3, 0.4) is 0 Å². The Morgan fingerprint density at radius 2 is 2.04 bits per heavy atom. The van der Waals surface area contributed by atoms with Crippen molar-refractivity contribution in [3.8, 4) is 0 Å². The number of aromatic nitrogens is 3. The van der Waals surface area contributed by atoms with E-state index in [2.05, 4.69) is 25.7 Å². The van der Waals surface area contributed by atoms with E-state index in [1.807, 2.05) is 41.8 Å². The lowest BCUT2D eigenvalue weighted by Crippen LogP contribution is -2.60. The molecule has 10 heteroatoms. The Kier molecular flexibility index (Phi) is 6.63. The molecule has 0 radical (unpaired) electrons. The van der Waals surface area contributed by atoms with Crippen LogP contribution in [0.15, 0.2) is 6.33 Å². The summed E-state index contributed by atoms with van der Waals surface area (Å²) in [5.74, 6) is 0.681. The van der Waals surface area contributed by atoms with Crippen molar-refractivity contribution in [2.45, 2.75) is 45.4 Å². The SMILES string of the molecule is CC(NC(=O)N1CCN(C)CC1CNC(=O)OC(C)(C)C)c1nncn1C. The Morgan fingerprint density at radius 1 is 1.33 bits per heavy atom. The number of carbonyl (C=O) groups excluding carboxylic acids is 2. The highest BCUT2D eigenvalue weighted by molar-refractivity contribution is 5.75. The molecule has 1 saturated heterocycles. The molecule has 10 nitrogen and oxygen atoms in total. The molecule has 1 aromatic rings. The number of hydrogen-bond acceptors (Lipinski definition) is 6. The number of carbonyl (C=O) groups is 2. The van der Waals surface area contributed by atoms with Gasteiger partial charge in [0.1, 0.15) is 11.9 Å². The van der Waals surface area contributed by atoms with E-state index in [9.17, 15) is 9.59 Å². The molecule has 152 valence electrons. The van der Waals surface area contributed by atoms with E-state index < -0.39 is 11.7 Å². The highest BCUT2D eigenvalue weighted by Gasteiger charge is 2.31. The minimum Gasteiger partial charge on any atom is -0.444 e. The van der Waals surface area contributed by atoms with Gasteiger partial charge in [0, 0.05) is 33.2 Å². The van der Waals surface area contributed by atoms with Crippen molar-refractivity contribution in [2.75, 3.05) is 33.2 Å². The number of piperazine rings is 1.